The molecule has 1 saturated carbocycles. The monoisotopic (exact) mass is 544 g/mol. The molecule has 0 saturated heterocycles. The minimum Gasteiger partial charge on any atom is -0.466 e. The number of carbonyl (C=O) groups excluding carboxylic acids is 1. The molecule has 1 aromatic heterocycles. The average Bonchev–Trinajstić information content (AvgIpc) is 3.60. The summed E-state index contributed by atoms with van der Waals surface area (Å²) in [5.74, 6) is -0.536. The van der Waals surface area contributed by atoms with Gasteiger partial charge in [0.25, 0.3) is 0 Å². The van der Waals surface area contributed by atoms with Gasteiger partial charge < -0.3 is 9.47 Å². The van der Waals surface area contributed by atoms with Crippen molar-refractivity contribution in [2.24, 2.45) is 0 Å². The maximum Gasteiger partial charge on any atom is 0.349 e. The Morgan fingerprint density at radius 3 is 2.61 bits per heavy atom. The zero-order chi connectivity index (χ0) is 21.6. The van der Waals surface area contributed by atoms with Crippen molar-refractivity contribution in [1.29, 1.82) is 0 Å². The van der Waals surface area contributed by atoms with E-state index in [1.807, 2.05) is 60.7 Å². The molecule has 156 valence electrons. The molecule has 5 nitrogen and oxygen atoms in total. The number of benzene rings is 3. The second-order valence-corrected chi connectivity index (χ2v) is 9.10. The number of hydrogen-bond donors (Lipinski definition) is 0. The first-order chi connectivity index (χ1) is 15.0. The highest BCUT2D eigenvalue weighted by Gasteiger charge is 2.51. The first-order valence-electron chi connectivity index (χ1n) is 9.90. The lowest BCUT2D eigenvalue weighted by Gasteiger charge is -2.33. The van der Waals surface area contributed by atoms with E-state index in [-0.39, 0.29) is 11.4 Å². The second kappa shape index (κ2) is 8.00. The normalized spacial score (nSPS) is 15.7. The van der Waals surface area contributed by atoms with Crippen molar-refractivity contribution in [3.05, 3.63) is 80.8 Å². The van der Waals surface area contributed by atoms with Crippen molar-refractivity contribution in [2.45, 2.75) is 24.5 Å². The fourth-order valence-electron chi connectivity index (χ4n) is 3.95. The summed E-state index contributed by atoms with van der Waals surface area (Å²) >= 11 is 8.57. The Kier molecular flexibility index (Phi) is 5.32. The highest BCUT2D eigenvalue weighted by Crippen LogP contribution is 2.45. The zero-order valence-electron chi connectivity index (χ0n) is 16.6. The molecule has 1 atom stereocenters. The Morgan fingerprint density at radius 1 is 1.06 bits per heavy atom. The van der Waals surface area contributed by atoms with Gasteiger partial charge in [-0.1, -0.05) is 42.5 Å². The van der Waals surface area contributed by atoms with Crippen LogP contribution in [-0.2, 0) is 19.9 Å². The minimum atomic E-state index is -1.58. The zero-order valence-corrected chi connectivity index (χ0v) is 19.6. The van der Waals surface area contributed by atoms with Gasteiger partial charge in [-0.05, 0) is 76.0 Å². The molecule has 7 heteroatoms. The fourth-order valence-corrected chi connectivity index (χ4v) is 4.62. The summed E-state index contributed by atoms with van der Waals surface area (Å²) in [5.41, 5.74) is 0.144. The van der Waals surface area contributed by atoms with Gasteiger partial charge in [0.15, 0.2) is 0 Å². The maximum atomic E-state index is 13.6. The third-order valence-corrected chi connectivity index (χ3v) is 6.31. The number of fused-ring (bicyclic) bond motifs is 2. The molecule has 1 unspecified atom stereocenters. The summed E-state index contributed by atoms with van der Waals surface area (Å²) in [5, 5.41) is 2.64. The minimum absolute atomic E-state index is 0.0524. The quantitative estimate of drug-likeness (QED) is 0.185. The predicted octanol–water partition coefficient (Wildman–Crippen LogP) is 5.64. The Labute approximate surface area is 197 Å². The van der Waals surface area contributed by atoms with Crippen LogP contribution < -0.4 is 0 Å². The van der Waals surface area contributed by atoms with Crippen molar-refractivity contribution in [3.8, 4) is 0 Å². The van der Waals surface area contributed by atoms with E-state index >= 15 is 0 Å². The molecule has 1 heterocycles. The number of nitrogens with zero attached hydrogens (tertiary/aromatic N) is 2. The van der Waals surface area contributed by atoms with Crippen LogP contribution in [0.15, 0.2) is 60.7 Å². The van der Waals surface area contributed by atoms with Gasteiger partial charge in [-0.3, -0.25) is 0 Å². The Bertz CT molecular complexity index is 1320. The summed E-state index contributed by atoms with van der Waals surface area (Å²) in [6, 6.07) is 19.5. The molecule has 31 heavy (non-hydrogen) atoms. The third-order valence-electron chi connectivity index (χ3n) is 5.47. The van der Waals surface area contributed by atoms with Gasteiger partial charge in [-0.2, -0.15) is 0 Å². The maximum absolute atomic E-state index is 13.6. The molecule has 1 aliphatic rings. The molecule has 0 aliphatic heterocycles. The van der Waals surface area contributed by atoms with Crippen LogP contribution in [0.3, 0.4) is 0 Å². The lowest BCUT2D eigenvalue weighted by molar-refractivity contribution is -0.167. The van der Waals surface area contributed by atoms with E-state index in [9.17, 15) is 4.79 Å². The smallest absolute Gasteiger partial charge is 0.349 e. The molecular weight excluding hydrogens is 527 g/mol. The lowest BCUT2D eigenvalue weighted by atomic mass is 9.84. The van der Waals surface area contributed by atoms with Gasteiger partial charge in [-0.25, -0.2) is 14.8 Å². The molecule has 1 fully saturated rings. The highest BCUT2D eigenvalue weighted by atomic mass is 127. The molecule has 0 radical (unpaired) electrons. The van der Waals surface area contributed by atoms with E-state index in [1.54, 1.807) is 0 Å². The SMILES string of the molecule is COC(=O)C(OC1CC1)(c1cccc2ccccc12)c1nc(Cl)nc2ccc(I)cc12. The van der Waals surface area contributed by atoms with E-state index in [0.29, 0.717) is 22.2 Å². The fraction of sp³-hybridized carbons (Fsp3) is 0.208. The van der Waals surface area contributed by atoms with E-state index in [4.69, 9.17) is 21.1 Å². The number of aromatic nitrogens is 2. The topological polar surface area (TPSA) is 61.3 Å². The highest BCUT2D eigenvalue weighted by molar-refractivity contribution is 14.1. The van der Waals surface area contributed by atoms with Crippen molar-refractivity contribution in [2.75, 3.05) is 7.11 Å². The number of halogens is 2. The number of ether oxygens (including phenoxy) is 2. The average molecular weight is 545 g/mol. The Balaban J connectivity index is 1.93. The van der Waals surface area contributed by atoms with E-state index < -0.39 is 11.6 Å². The van der Waals surface area contributed by atoms with Crippen molar-refractivity contribution in [1.82, 2.24) is 9.97 Å². The van der Waals surface area contributed by atoms with Crippen molar-refractivity contribution < 1.29 is 14.3 Å². The summed E-state index contributed by atoms with van der Waals surface area (Å²) in [6.45, 7) is 0. The molecule has 0 N–H and O–H groups in total. The number of methoxy groups -OCH3 is 1. The van der Waals surface area contributed by atoms with Crippen LogP contribution in [0.5, 0.6) is 0 Å². The summed E-state index contributed by atoms with van der Waals surface area (Å²) in [7, 11) is 1.37. The van der Waals surface area contributed by atoms with Crippen LogP contribution in [-0.4, -0.2) is 29.2 Å². The Hall–Kier alpha value is -2.29. The summed E-state index contributed by atoms with van der Waals surface area (Å²) in [4.78, 5) is 22.6. The van der Waals surface area contributed by atoms with Crippen LogP contribution >= 0.6 is 34.2 Å². The summed E-state index contributed by atoms with van der Waals surface area (Å²) in [6.07, 6.45) is 1.68. The summed E-state index contributed by atoms with van der Waals surface area (Å²) < 4.78 is 12.9. The molecular formula is C24H18ClIN2O3. The van der Waals surface area contributed by atoms with Crippen LogP contribution in [0.1, 0.15) is 24.1 Å². The van der Waals surface area contributed by atoms with Gasteiger partial charge in [0, 0.05) is 14.5 Å². The molecule has 3 aromatic carbocycles. The Morgan fingerprint density at radius 2 is 1.84 bits per heavy atom. The van der Waals surface area contributed by atoms with Crippen LogP contribution in [0.4, 0.5) is 0 Å². The van der Waals surface area contributed by atoms with E-state index in [2.05, 4.69) is 32.6 Å². The van der Waals surface area contributed by atoms with E-state index in [1.165, 1.54) is 7.11 Å². The molecule has 1 aliphatic carbocycles. The van der Waals surface area contributed by atoms with Crippen molar-refractivity contribution in [3.63, 3.8) is 0 Å². The van der Waals surface area contributed by atoms with Gasteiger partial charge in [0.1, 0.15) is 5.69 Å². The molecule has 0 spiro atoms. The molecule has 0 amide bonds. The number of rotatable bonds is 5. The molecule has 0 bridgehead atoms. The van der Waals surface area contributed by atoms with E-state index in [0.717, 1.165) is 27.2 Å². The predicted molar refractivity (Wildman–Crippen MR) is 128 cm³/mol. The first-order valence-corrected chi connectivity index (χ1v) is 11.4. The lowest BCUT2D eigenvalue weighted by Crippen LogP contribution is -2.43. The standard InChI is InChI=1S/C24H18ClIN2O3/c1-30-22(29)24(31-16-10-11-16,19-8-4-6-14-5-2-3-7-17(14)19)21-18-13-15(26)9-12-20(18)27-23(25)28-21/h2-9,12-13,16H,10-11H2,1H3. The van der Waals surface area contributed by atoms with Gasteiger partial charge in [0.05, 0.1) is 18.7 Å². The van der Waals surface area contributed by atoms with Crippen LogP contribution in [0.25, 0.3) is 21.7 Å². The number of carbonyl (C=O) groups is 1. The largest absolute Gasteiger partial charge is 0.466 e. The van der Waals surface area contributed by atoms with Gasteiger partial charge >= 0.3 is 5.97 Å². The van der Waals surface area contributed by atoms with Crippen LogP contribution in [0.2, 0.25) is 5.28 Å². The molecule has 5 rings (SSSR count). The number of hydrogen-bond acceptors (Lipinski definition) is 5. The van der Waals surface area contributed by atoms with Crippen LogP contribution in [0, 0.1) is 3.57 Å². The number of esters is 1. The third kappa shape index (κ3) is 3.56. The van der Waals surface area contributed by atoms with Gasteiger partial charge in [0.2, 0.25) is 10.9 Å². The molecule has 4 aromatic rings. The first kappa shape index (κ1) is 20.6. The second-order valence-electron chi connectivity index (χ2n) is 7.52. The van der Waals surface area contributed by atoms with Crippen molar-refractivity contribution >= 4 is 61.8 Å². The van der Waals surface area contributed by atoms with Gasteiger partial charge in [-0.15, -0.1) is 0 Å².